The number of aryl methyl sites for hydroxylation is 1. The maximum atomic E-state index is 13.0. The number of ether oxygens (including phenoxy) is 1. The SMILES string of the molecule is CC(C)(C)OC(=O)N[C@H](Cc1c[nH]c2ccccc12)C(=O)NNC(=O)SCC(=O)N1CCCc2ccccc21. The van der Waals surface area contributed by atoms with Crippen LogP contribution in [-0.4, -0.2) is 52.1 Å². The zero-order valence-electron chi connectivity index (χ0n) is 22.2. The number of benzene rings is 2. The molecule has 10 nitrogen and oxygen atoms in total. The number of nitrogens with zero attached hydrogens (tertiary/aromatic N) is 1. The number of carbonyl (C=O) groups excluding carboxylic acids is 4. The monoisotopic (exact) mass is 551 g/mol. The van der Waals surface area contributed by atoms with Crippen LogP contribution in [-0.2, 0) is 27.2 Å². The van der Waals surface area contributed by atoms with E-state index in [9.17, 15) is 19.2 Å². The number of alkyl carbamates (subject to hydrolysis) is 1. The minimum atomic E-state index is -1.03. The Hall–Kier alpha value is -3.99. The van der Waals surface area contributed by atoms with Gasteiger partial charge in [0.2, 0.25) is 5.91 Å². The normalized spacial score (nSPS) is 13.8. The highest BCUT2D eigenvalue weighted by Gasteiger charge is 2.27. The Kier molecular flexibility index (Phi) is 8.80. The first kappa shape index (κ1) is 28.0. The van der Waals surface area contributed by atoms with Crippen LogP contribution in [0.1, 0.15) is 38.3 Å². The second-order valence-electron chi connectivity index (χ2n) is 10.2. The summed E-state index contributed by atoms with van der Waals surface area (Å²) in [5, 5.41) is 2.92. The molecule has 1 aliphatic heterocycles. The van der Waals surface area contributed by atoms with Gasteiger partial charge in [-0.3, -0.25) is 25.2 Å². The van der Waals surface area contributed by atoms with Crippen molar-refractivity contribution in [3.05, 3.63) is 65.9 Å². The maximum Gasteiger partial charge on any atom is 0.408 e. The highest BCUT2D eigenvalue weighted by Crippen LogP contribution is 2.27. The molecule has 4 N–H and O–H groups in total. The summed E-state index contributed by atoms with van der Waals surface area (Å²) in [5.41, 5.74) is 7.64. The fourth-order valence-corrected chi connectivity index (χ4v) is 4.95. The van der Waals surface area contributed by atoms with Crippen molar-refractivity contribution in [3.63, 3.8) is 0 Å². The quantitative estimate of drug-likeness (QED) is 0.342. The number of hydrogen-bond acceptors (Lipinski definition) is 6. The Morgan fingerprint density at radius 1 is 1.05 bits per heavy atom. The second-order valence-corrected chi connectivity index (χ2v) is 11.2. The molecule has 0 radical (unpaired) electrons. The zero-order chi connectivity index (χ0) is 28.0. The molecule has 0 saturated carbocycles. The van der Waals surface area contributed by atoms with E-state index in [4.69, 9.17) is 4.74 Å². The van der Waals surface area contributed by atoms with Gasteiger partial charge in [-0.15, -0.1) is 0 Å². The molecule has 0 bridgehead atoms. The van der Waals surface area contributed by atoms with Crippen LogP contribution in [0.5, 0.6) is 0 Å². The maximum absolute atomic E-state index is 13.0. The van der Waals surface area contributed by atoms with Gasteiger partial charge in [0.15, 0.2) is 0 Å². The smallest absolute Gasteiger partial charge is 0.408 e. The van der Waals surface area contributed by atoms with Gasteiger partial charge in [-0.2, -0.15) is 0 Å². The van der Waals surface area contributed by atoms with Crippen molar-refractivity contribution in [3.8, 4) is 0 Å². The summed E-state index contributed by atoms with van der Waals surface area (Å²) < 4.78 is 5.33. The van der Waals surface area contributed by atoms with Gasteiger partial charge >= 0.3 is 6.09 Å². The van der Waals surface area contributed by atoms with Gasteiger partial charge in [0.05, 0.1) is 5.75 Å². The standard InChI is InChI=1S/C28H33N5O5S/c1-28(2,3)38-26(36)30-22(15-19-16-29-21-12-6-5-11-20(19)21)25(35)31-32-27(37)39-17-24(34)33-14-8-10-18-9-4-7-13-23(18)33/h4-7,9,11-13,16,22,29H,8,10,14-15,17H2,1-3H3,(H,30,36)(H,31,35)(H,32,37)/t22-/m1/s1. The van der Waals surface area contributed by atoms with Crippen molar-refractivity contribution in [1.29, 1.82) is 0 Å². The molecule has 0 saturated heterocycles. The number of thioether (sulfide) groups is 1. The number of rotatable bonds is 6. The molecule has 4 amide bonds. The third-order valence-corrected chi connectivity index (χ3v) is 6.89. The summed E-state index contributed by atoms with van der Waals surface area (Å²) in [6.07, 6.45) is 2.95. The van der Waals surface area contributed by atoms with E-state index in [1.807, 2.05) is 48.5 Å². The molecule has 0 aliphatic carbocycles. The van der Waals surface area contributed by atoms with Crippen molar-refractivity contribution in [2.45, 2.75) is 51.7 Å². The predicted octanol–water partition coefficient (Wildman–Crippen LogP) is 4.06. The number of amides is 4. The fraction of sp³-hybridized carbons (Fsp3) is 0.357. The molecule has 3 aromatic rings. The number of hydrogen-bond donors (Lipinski definition) is 4. The lowest BCUT2D eigenvalue weighted by atomic mass is 10.0. The number of fused-ring (bicyclic) bond motifs is 2. The van der Waals surface area contributed by atoms with Crippen LogP contribution in [0.15, 0.2) is 54.7 Å². The van der Waals surface area contributed by atoms with Crippen molar-refractivity contribution in [2.75, 3.05) is 17.2 Å². The molecule has 1 atom stereocenters. The number of carbonyl (C=O) groups is 4. The number of para-hydroxylation sites is 2. The second kappa shape index (κ2) is 12.2. The Morgan fingerprint density at radius 3 is 2.59 bits per heavy atom. The molecule has 1 aliphatic rings. The molecule has 206 valence electrons. The molecule has 2 aromatic carbocycles. The lowest BCUT2D eigenvalue weighted by molar-refractivity contribution is -0.123. The van der Waals surface area contributed by atoms with E-state index in [0.717, 1.165) is 52.3 Å². The Labute approximate surface area is 231 Å². The van der Waals surface area contributed by atoms with Gasteiger partial charge in [-0.25, -0.2) is 4.79 Å². The minimum Gasteiger partial charge on any atom is -0.444 e. The third-order valence-electron chi connectivity index (χ3n) is 6.13. The number of anilines is 1. The van der Waals surface area contributed by atoms with Gasteiger partial charge in [-0.1, -0.05) is 48.2 Å². The van der Waals surface area contributed by atoms with Gasteiger partial charge in [0.1, 0.15) is 11.6 Å². The Morgan fingerprint density at radius 2 is 1.79 bits per heavy atom. The summed E-state index contributed by atoms with van der Waals surface area (Å²) in [5.74, 6) is -0.890. The topological polar surface area (TPSA) is 133 Å². The first-order chi connectivity index (χ1) is 18.6. The average molecular weight is 552 g/mol. The molecular formula is C28H33N5O5S. The van der Waals surface area contributed by atoms with E-state index in [0.29, 0.717) is 6.54 Å². The van der Waals surface area contributed by atoms with Gasteiger partial charge in [-0.05, 0) is 56.9 Å². The Balaban J connectivity index is 1.34. The first-order valence-electron chi connectivity index (χ1n) is 12.8. The van der Waals surface area contributed by atoms with E-state index in [1.54, 1.807) is 31.9 Å². The van der Waals surface area contributed by atoms with Gasteiger partial charge in [0.25, 0.3) is 11.1 Å². The number of H-pyrrole nitrogens is 1. The molecule has 0 spiro atoms. The van der Waals surface area contributed by atoms with E-state index < -0.39 is 28.9 Å². The Bertz CT molecular complexity index is 1370. The predicted molar refractivity (Wildman–Crippen MR) is 151 cm³/mol. The number of hydrazine groups is 1. The third kappa shape index (κ3) is 7.53. The largest absolute Gasteiger partial charge is 0.444 e. The van der Waals surface area contributed by atoms with Crippen molar-refractivity contribution >= 4 is 51.5 Å². The number of nitrogens with one attached hydrogen (secondary N) is 4. The van der Waals surface area contributed by atoms with E-state index in [1.165, 1.54) is 0 Å². The van der Waals surface area contributed by atoms with Crippen LogP contribution in [0.2, 0.25) is 0 Å². The molecule has 1 aromatic heterocycles. The molecule has 11 heteroatoms. The van der Waals surface area contributed by atoms with E-state index in [2.05, 4.69) is 21.2 Å². The molecule has 0 fully saturated rings. The fourth-order valence-electron chi connectivity index (χ4n) is 4.41. The van der Waals surface area contributed by atoms with E-state index in [-0.39, 0.29) is 18.1 Å². The van der Waals surface area contributed by atoms with Crippen molar-refractivity contribution in [1.82, 2.24) is 21.2 Å². The van der Waals surface area contributed by atoms with Gasteiger partial charge < -0.3 is 19.9 Å². The molecule has 0 unspecified atom stereocenters. The highest BCUT2D eigenvalue weighted by molar-refractivity contribution is 8.14. The summed E-state index contributed by atoms with van der Waals surface area (Å²) in [6.45, 7) is 5.77. The van der Waals surface area contributed by atoms with E-state index >= 15 is 0 Å². The summed E-state index contributed by atoms with van der Waals surface area (Å²) >= 11 is 0.763. The van der Waals surface area contributed by atoms with Crippen LogP contribution in [0, 0.1) is 0 Å². The van der Waals surface area contributed by atoms with Gasteiger partial charge in [0, 0.05) is 35.8 Å². The van der Waals surface area contributed by atoms with Crippen LogP contribution in [0.25, 0.3) is 10.9 Å². The lowest BCUT2D eigenvalue weighted by Crippen LogP contribution is -2.53. The number of aromatic nitrogens is 1. The summed E-state index contributed by atoms with van der Waals surface area (Å²) in [6, 6.07) is 14.3. The number of aromatic amines is 1. The van der Waals surface area contributed by atoms with Crippen LogP contribution in [0.3, 0.4) is 0 Å². The lowest BCUT2D eigenvalue weighted by Gasteiger charge is -2.29. The van der Waals surface area contributed by atoms with Crippen molar-refractivity contribution in [2.24, 2.45) is 0 Å². The van der Waals surface area contributed by atoms with Crippen LogP contribution in [0.4, 0.5) is 15.3 Å². The summed E-state index contributed by atoms with van der Waals surface area (Å²) in [4.78, 5) is 55.6. The van der Waals surface area contributed by atoms with Crippen molar-refractivity contribution < 1.29 is 23.9 Å². The average Bonchev–Trinajstić information content (AvgIpc) is 3.31. The first-order valence-corrected chi connectivity index (χ1v) is 13.7. The van der Waals surface area contributed by atoms with Crippen LogP contribution >= 0.6 is 11.8 Å². The summed E-state index contributed by atoms with van der Waals surface area (Å²) in [7, 11) is 0. The zero-order valence-corrected chi connectivity index (χ0v) is 23.0. The molecule has 2 heterocycles. The minimum absolute atomic E-state index is 0.0784. The van der Waals surface area contributed by atoms with Crippen LogP contribution < -0.4 is 21.1 Å². The highest BCUT2D eigenvalue weighted by atomic mass is 32.2. The molecule has 4 rings (SSSR count). The molecular weight excluding hydrogens is 518 g/mol. The molecule has 39 heavy (non-hydrogen) atoms.